The van der Waals surface area contributed by atoms with E-state index in [-0.39, 0.29) is 5.56 Å². The molecule has 0 radical (unpaired) electrons. The number of carboxylic acids is 1. The van der Waals surface area contributed by atoms with Crippen molar-refractivity contribution < 1.29 is 24.1 Å². The molecule has 0 aromatic heterocycles. The molecule has 0 saturated heterocycles. The molecule has 2 N–H and O–H groups in total. The molecule has 24 heavy (non-hydrogen) atoms. The van der Waals surface area contributed by atoms with E-state index in [1.165, 1.54) is 6.07 Å². The van der Waals surface area contributed by atoms with Gasteiger partial charge in [0.1, 0.15) is 5.75 Å². The fraction of sp³-hybridized carbons (Fsp3) is 0.278. The maximum Gasteiger partial charge on any atom is 0.335 e. The Morgan fingerprint density at radius 2 is 1.75 bits per heavy atom. The van der Waals surface area contributed by atoms with Crippen molar-refractivity contribution in [2.24, 2.45) is 0 Å². The molecule has 128 valence electrons. The number of nitrogens with one attached hydrogen (secondary N) is 1. The van der Waals surface area contributed by atoms with Gasteiger partial charge in [-0.25, -0.2) is 4.79 Å². The molecular formula is C18H21NO5. The molecule has 2 aromatic rings. The lowest BCUT2D eigenvalue weighted by Crippen LogP contribution is -2.05. The molecule has 6 heteroatoms. The molecule has 0 atom stereocenters. The summed E-state index contributed by atoms with van der Waals surface area (Å²) in [6.45, 7) is 2.96. The van der Waals surface area contributed by atoms with Gasteiger partial charge in [-0.15, -0.1) is 0 Å². The van der Waals surface area contributed by atoms with Gasteiger partial charge in [0.25, 0.3) is 0 Å². The number of anilines is 1. The van der Waals surface area contributed by atoms with Gasteiger partial charge in [0.05, 0.1) is 32.1 Å². The smallest absolute Gasteiger partial charge is 0.335 e. The Balaban J connectivity index is 2.18. The van der Waals surface area contributed by atoms with E-state index in [0.29, 0.717) is 36.1 Å². The Labute approximate surface area is 141 Å². The molecule has 6 nitrogen and oxygen atoms in total. The molecule has 0 fully saturated rings. The number of ether oxygens (including phenoxy) is 3. The number of rotatable bonds is 8. The van der Waals surface area contributed by atoms with Gasteiger partial charge in [-0.2, -0.15) is 0 Å². The Hall–Kier alpha value is -2.89. The van der Waals surface area contributed by atoms with Crippen LogP contribution in [0.4, 0.5) is 5.69 Å². The molecule has 2 aromatic carbocycles. The van der Waals surface area contributed by atoms with E-state index in [4.69, 9.17) is 19.3 Å². The third kappa shape index (κ3) is 4.10. The SMILES string of the molecule is CCOc1ccc(CNc2cc(C(=O)O)ccc2OC)cc1OC. The number of carbonyl (C=O) groups is 1. The summed E-state index contributed by atoms with van der Waals surface area (Å²) in [6.07, 6.45) is 0. The first-order valence-electron chi connectivity index (χ1n) is 7.54. The number of aromatic carboxylic acids is 1. The van der Waals surface area contributed by atoms with E-state index in [2.05, 4.69) is 5.32 Å². The minimum atomic E-state index is -0.983. The van der Waals surface area contributed by atoms with E-state index in [1.54, 1.807) is 26.4 Å². The van der Waals surface area contributed by atoms with Crippen LogP contribution in [0.15, 0.2) is 36.4 Å². The van der Waals surface area contributed by atoms with Crippen LogP contribution in [0, 0.1) is 0 Å². The number of hydrogen-bond donors (Lipinski definition) is 2. The summed E-state index contributed by atoms with van der Waals surface area (Å²) >= 11 is 0. The van der Waals surface area contributed by atoms with Crippen LogP contribution < -0.4 is 19.5 Å². The van der Waals surface area contributed by atoms with Crippen LogP contribution in [-0.4, -0.2) is 31.9 Å². The summed E-state index contributed by atoms with van der Waals surface area (Å²) in [5, 5.41) is 12.3. The number of hydrogen-bond acceptors (Lipinski definition) is 5. The zero-order valence-corrected chi connectivity index (χ0v) is 14.0. The minimum Gasteiger partial charge on any atom is -0.495 e. The predicted molar refractivity (Wildman–Crippen MR) is 91.4 cm³/mol. The van der Waals surface area contributed by atoms with Crippen LogP contribution in [0.3, 0.4) is 0 Å². The lowest BCUT2D eigenvalue weighted by molar-refractivity contribution is 0.0697. The lowest BCUT2D eigenvalue weighted by atomic mass is 10.1. The lowest BCUT2D eigenvalue weighted by Gasteiger charge is -2.14. The van der Waals surface area contributed by atoms with E-state index >= 15 is 0 Å². The average molecular weight is 331 g/mol. The summed E-state index contributed by atoms with van der Waals surface area (Å²) in [5.74, 6) is 0.943. The van der Waals surface area contributed by atoms with Crippen LogP contribution in [-0.2, 0) is 6.54 Å². The number of carboxylic acid groups (broad SMARTS) is 1. The summed E-state index contributed by atoms with van der Waals surface area (Å²) in [4.78, 5) is 11.1. The summed E-state index contributed by atoms with van der Waals surface area (Å²) in [5.41, 5.74) is 1.78. The molecule has 0 aliphatic carbocycles. The van der Waals surface area contributed by atoms with E-state index < -0.39 is 5.97 Å². The van der Waals surface area contributed by atoms with Gasteiger partial charge in [-0.05, 0) is 42.8 Å². The van der Waals surface area contributed by atoms with Crippen molar-refractivity contribution in [2.75, 3.05) is 26.1 Å². The number of methoxy groups -OCH3 is 2. The largest absolute Gasteiger partial charge is 0.495 e. The first-order chi connectivity index (χ1) is 11.6. The van der Waals surface area contributed by atoms with Gasteiger partial charge in [0, 0.05) is 6.54 Å². The molecule has 0 saturated carbocycles. The monoisotopic (exact) mass is 331 g/mol. The molecule has 0 aliphatic heterocycles. The van der Waals surface area contributed by atoms with Crippen molar-refractivity contribution in [3.05, 3.63) is 47.5 Å². The highest BCUT2D eigenvalue weighted by Crippen LogP contribution is 2.30. The minimum absolute atomic E-state index is 0.197. The number of benzene rings is 2. The Kier molecular flexibility index (Phi) is 5.89. The van der Waals surface area contributed by atoms with E-state index in [1.807, 2.05) is 25.1 Å². The second-order valence-corrected chi connectivity index (χ2v) is 4.99. The third-order valence-electron chi connectivity index (χ3n) is 3.46. The van der Waals surface area contributed by atoms with Crippen LogP contribution in [0.5, 0.6) is 17.2 Å². The molecule has 0 amide bonds. The molecule has 2 rings (SSSR count). The van der Waals surface area contributed by atoms with Crippen molar-refractivity contribution in [3.63, 3.8) is 0 Å². The topological polar surface area (TPSA) is 77.0 Å². The Morgan fingerprint density at radius 1 is 1.04 bits per heavy atom. The van der Waals surface area contributed by atoms with Crippen molar-refractivity contribution in [3.8, 4) is 17.2 Å². The fourth-order valence-electron chi connectivity index (χ4n) is 2.27. The van der Waals surface area contributed by atoms with Crippen molar-refractivity contribution in [1.82, 2.24) is 0 Å². The predicted octanol–water partition coefficient (Wildman–Crippen LogP) is 3.41. The van der Waals surface area contributed by atoms with Gasteiger partial charge < -0.3 is 24.6 Å². The average Bonchev–Trinajstić information content (AvgIpc) is 2.60. The molecule has 0 spiro atoms. The molecule has 0 heterocycles. The third-order valence-corrected chi connectivity index (χ3v) is 3.46. The Bertz CT molecular complexity index is 715. The van der Waals surface area contributed by atoms with Crippen LogP contribution in [0.25, 0.3) is 0 Å². The van der Waals surface area contributed by atoms with Crippen LogP contribution in [0.2, 0.25) is 0 Å². The van der Waals surface area contributed by atoms with Gasteiger partial charge in [0.2, 0.25) is 0 Å². The molecule has 0 aliphatic rings. The van der Waals surface area contributed by atoms with Gasteiger partial charge in [-0.3, -0.25) is 0 Å². The maximum absolute atomic E-state index is 11.1. The van der Waals surface area contributed by atoms with Gasteiger partial charge >= 0.3 is 5.97 Å². The quantitative estimate of drug-likeness (QED) is 0.772. The second-order valence-electron chi connectivity index (χ2n) is 4.99. The van der Waals surface area contributed by atoms with Crippen molar-refractivity contribution in [2.45, 2.75) is 13.5 Å². The van der Waals surface area contributed by atoms with E-state index in [9.17, 15) is 4.79 Å². The standard InChI is InChI=1S/C18H21NO5/c1-4-24-16-7-5-12(9-17(16)23-3)11-19-14-10-13(18(20)21)6-8-15(14)22-2/h5-10,19H,4,11H2,1-3H3,(H,20,21). The Morgan fingerprint density at radius 3 is 2.38 bits per heavy atom. The van der Waals surface area contributed by atoms with Crippen molar-refractivity contribution >= 4 is 11.7 Å². The summed E-state index contributed by atoms with van der Waals surface area (Å²) < 4.78 is 16.1. The van der Waals surface area contributed by atoms with Gasteiger partial charge in [0.15, 0.2) is 11.5 Å². The normalized spacial score (nSPS) is 10.1. The molecule has 0 bridgehead atoms. The van der Waals surface area contributed by atoms with Gasteiger partial charge in [-0.1, -0.05) is 6.07 Å². The second kappa shape index (κ2) is 8.10. The van der Waals surface area contributed by atoms with Crippen LogP contribution in [0.1, 0.15) is 22.8 Å². The fourth-order valence-corrected chi connectivity index (χ4v) is 2.27. The maximum atomic E-state index is 11.1. The zero-order chi connectivity index (χ0) is 17.5. The highest BCUT2D eigenvalue weighted by molar-refractivity contribution is 5.89. The molecule has 0 unspecified atom stereocenters. The zero-order valence-electron chi connectivity index (χ0n) is 14.0. The highest BCUT2D eigenvalue weighted by atomic mass is 16.5. The van der Waals surface area contributed by atoms with Crippen molar-refractivity contribution in [1.29, 1.82) is 0 Å². The summed E-state index contributed by atoms with van der Waals surface area (Å²) in [7, 11) is 3.13. The summed E-state index contributed by atoms with van der Waals surface area (Å²) in [6, 6.07) is 10.3. The highest BCUT2D eigenvalue weighted by Gasteiger charge is 2.10. The molecular weight excluding hydrogens is 310 g/mol. The van der Waals surface area contributed by atoms with E-state index in [0.717, 1.165) is 5.56 Å². The first kappa shape index (κ1) is 17.5. The first-order valence-corrected chi connectivity index (χ1v) is 7.54. The van der Waals surface area contributed by atoms with Crippen LogP contribution >= 0.6 is 0 Å².